The highest BCUT2D eigenvalue weighted by Crippen LogP contribution is 2.33. The Morgan fingerprint density at radius 2 is 1.95 bits per heavy atom. The molecule has 0 unspecified atom stereocenters. The molecule has 2 rings (SSSR count). The summed E-state index contributed by atoms with van der Waals surface area (Å²) in [6.45, 7) is 1.76. The van der Waals surface area contributed by atoms with Gasteiger partial charge in [0.15, 0.2) is 0 Å². The fourth-order valence-electron chi connectivity index (χ4n) is 1.90. The standard InChI is InChI=1S/C15H15F3N2O/c1-10-6-7-11(8-13(10)15(16,17)18)19-9-12-4-3-5-14(20-12)21-2/h3-8,19H,9H2,1-2H3. The van der Waals surface area contributed by atoms with Crippen LogP contribution in [0.25, 0.3) is 0 Å². The number of aryl methyl sites for hydroxylation is 1. The quantitative estimate of drug-likeness (QED) is 0.925. The Bertz CT molecular complexity index is 627. The van der Waals surface area contributed by atoms with E-state index in [1.165, 1.54) is 20.1 Å². The number of rotatable bonds is 4. The number of ether oxygens (including phenoxy) is 1. The van der Waals surface area contributed by atoms with Crippen LogP contribution in [0.5, 0.6) is 5.88 Å². The maximum absolute atomic E-state index is 12.8. The number of hydrogen-bond donors (Lipinski definition) is 1. The summed E-state index contributed by atoms with van der Waals surface area (Å²) in [5.41, 5.74) is 0.652. The molecule has 0 saturated carbocycles. The Morgan fingerprint density at radius 3 is 2.62 bits per heavy atom. The van der Waals surface area contributed by atoms with Crippen LogP contribution in [0.4, 0.5) is 18.9 Å². The minimum absolute atomic E-state index is 0.201. The Labute approximate surface area is 120 Å². The zero-order valence-electron chi connectivity index (χ0n) is 11.7. The summed E-state index contributed by atoms with van der Waals surface area (Å²) in [4.78, 5) is 4.19. The van der Waals surface area contributed by atoms with E-state index in [-0.39, 0.29) is 5.56 Å². The molecule has 21 heavy (non-hydrogen) atoms. The molecule has 1 aromatic carbocycles. The van der Waals surface area contributed by atoms with Crippen molar-refractivity contribution in [2.24, 2.45) is 0 Å². The van der Waals surface area contributed by atoms with E-state index < -0.39 is 11.7 Å². The first-order valence-electron chi connectivity index (χ1n) is 6.32. The van der Waals surface area contributed by atoms with E-state index in [1.54, 1.807) is 24.3 Å². The van der Waals surface area contributed by atoms with Crippen LogP contribution in [0.2, 0.25) is 0 Å². The predicted octanol–water partition coefficient (Wildman–Crippen LogP) is 4.03. The second kappa shape index (κ2) is 6.03. The molecule has 0 fully saturated rings. The summed E-state index contributed by atoms with van der Waals surface area (Å²) >= 11 is 0. The first-order valence-corrected chi connectivity index (χ1v) is 6.32. The highest BCUT2D eigenvalue weighted by Gasteiger charge is 2.32. The van der Waals surface area contributed by atoms with Crippen LogP contribution in [0.3, 0.4) is 0 Å². The molecule has 0 aliphatic carbocycles. The molecule has 0 bridgehead atoms. The van der Waals surface area contributed by atoms with E-state index in [2.05, 4.69) is 10.3 Å². The Balaban J connectivity index is 2.13. The van der Waals surface area contributed by atoms with Crippen LogP contribution in [-0.4, -0.2) is 12.1 Å². The van der Waals surface area contributed by atoms with Crippen LogP contribution < -0.4 is 10.1 Å². The van der Waals surface area contributed by atoms with Crippen molar-refractivity contribution in [3.8, 4) is 5.88 Å². The molecular weight excluding hydrogens is 281 g/mol. The van der Waals surface area contributed by atoms with Crippen LogP contribution >= 0.6 is 0 Å². The van der Waals surface area contributed by atoms with Gasteiger partial charge in [-0.3, -0.25) is 0 Å². The van der Waals surface area contributed by atoms with Gasteiger partial charge in [-0.15, -0.1) is 0 Å². The van der Waals surface area contributed by atoms with Gasteiger partial charge in [0.2, 0.25) is 5.88 Å². The Morgan fingerprint density at radius 1 is 1.19 bits per heavy atom. The van der Waals surface area contributed by atoms with Crippen LogP contribution in [0.15, 0.2) is 36.4 Å². The van der Waals surface area contributed by atoms with Crippen LogP contribution in [0, 0.1) is 6.92 Å². The number of pyridine rings is 1. The summed E-state index contributed by atoms with van der Waals surface area (Å²) in [6, 6.07) is 9.43. The normalized spacial score (nSPS) is 11.3. The zero-order valence-corrected chi connectivity index (χ0v) is 11.7. The predicted molar refractivity (Wildman–Crippen MR) is 74.3 cm³/mol. The average Bonchev–Trinajstić information content (AvgIpc) is 2.45. The van der Waals surface area contributed by atoms with Crippen LogP contribution in [-0.2, 0) is 12.7 Å². The van der Waals surface area contributed by atoms with Crippen LogP contribution in [0.1, 0.15) is 16.8 Å². The lowest BCUT2D eigenvalue weighted by Crippen LogP contribution is -2.09. The second-order valence-electron chi connectivity index (χ2n) is 4.55. The monoisotopic (exact) mass is 296 g/mol. The maximum atomic E-state index is 12.8. The number of nitrogens with zero attached hydrogens (tertiary/aromatic N) is 1. The third-order valence-electron chi connectivity index (χ3n) is 3.01. The third kappa shape index (κ3) is 3.87. The molecule has 3 nitrogen and oxygen atoms in total. The molecule has 2 aromatic rings. The number of nitrogens with one attached hydrogen (secondary N) is 1. The largest absolute Gasteiger partial charge is 0.481 e. The number of benzene rings is 1. The summed E-state index contributed by atoms with van der Waals surface area (Å²) in [6.07, 6.45) is -4.35. The van der Waals surface area contributed by atoms with Gasteiger partial charge in [0.1, 0.15) is 0 Å². The molecule has 0 aliphatic heterocycles. The molecule has 6 heteroatoms. The SMILES string of the molecule is COc1cccc(CNc2ccc(C)c(C(F)(F)F)c2)n1. The molecule has 0 radical (unpaired) electrons. The van der Waals surface area contributed by atoms with Crippen molar-refractivity contribution in [1.29, 1.82) is 0 Å². The van der Waals surface area contributed by atoms with E-state index in [4.69, 9.17) is 4.74 Å². The molecule has 0 amide bonds. The van der Waals surface area contributed by atoms with E-state index in [1.807, 2.05) is 0 Å². The van der Waals surface area contributed by atoms with E-state index >= 15 is 0 Å². The van der Waals surface area contributed by atoms with Crippen molar-refractivity contribution >= 4 is 5.69 Å². The summed E-state index contributed by atoms with van der Waals surface area (Å²) in [7, 11) is 1.51. The number of halogens is 3. The van der Waals surface area contributed by atoms with Crippen molar-refractivity contribution in [1.82, 2.24) is 4.98 Å². The number of aromatic nitrogens is 1. The lowest BCUT2D eigenvalue weighted by Gasteiger charge is -2.13. The zero-order chi connectivity index (χ0) is 15.5. The molecule has 0 spiro atoms. The average molecular weight is 296 g/mol. The third-order valence-corrected chi connectivity index (χ3v) is 3.01. The van der Waals surface area contributed by atoms with Gasteiger partial charge in [0, 0.05) is 11.8 Å². The molecular formula is C15H15F3N2O. The smallest absolute Gasteiger partial charge is 0.416 e. The van der Waals surface area contributed by atoms with Gasteiger partial charge in [-0.25, -0.2) is 4.98 Å². The lowest BCUT2D eigenvalue weighted by atomic mass is 10.1. The number of alkyl halides is 3. The van der Waals surface area contributed by atoms with Gasteiger partial charge >= 0.3 is 6.18 Å². The Kier molecular flexibility index (Phi) is 4.35. The molecule has 0 saturated heterocycles. The summed E-state index contributed by atoms with van der Waals surface area (Å²) in [5.74, 6) is 0.467. The molecule has 1 aromatic heterocycles. The minimum atomic E-state index is -4.35. The topological polar surface area (TPSA) is 34.1 Å². The first-order chi connectivity index (χ1) is 9.90. The fraction of sp³-hybridized carbons (Fsp3) is 0.267. The number of hydrogen-bond acceptors (Lipinski definition) is 3. The lowest BCUT2D eigenvalue weighted by molar-refractivity contribution is -0.138. The first kappa shape index (κ1) is 15.2. The highest BCUT2D eigenvalue weighted by atomic mass is 19.4. The van der Waals surface area contributed by atoms with E-state index in [0.29, 0.717) is 23.8 Å². The molecule has 0 aliphatic rings. The molecule has 0 atom stereocenters. The van der Waals surface area contributed by atoms with Crippen molar-refractivity contribution in [3.05, 3.63) is 53.2 Å². The number of methoxy groups -OCH3 is 1. The fourth-order valence-corrected chi connectivity index (χ4v) is 1.90. The van der Waals surface area contributed by atoms with Crippen molar-refractivity contribution in [2.75, 3.05) is 12.4 Å². The van der Waals surface area contributed by atoms with Gasteiger partial charge in [0.05, 0.1) is 24.9 Å². The van der Waals surface area contributed by atoms with E-state index in [0.717, 1.165) is 6.07 Å². The summed E-state index contributed by atoms with van der Waals surface area (Å²) < 4.78 is 43.5. The van der Waals surface area contributed by atoms with E-state index in [9.17, 15) is 13.2 Å². The van der Waals surface area contributed by atoms with Crippen molar-refractivity contribution in [2.45, 2.75) is 19.6 Å². The van der Waals surface area contributed by atoms with Gasteiger partial charge in [-0.05, 0) is 30.7 Å². The van der Waals surface area contributed by atoms with Crippen molar-refractivity contribution < 1.29 is 17.9 Å². The van der Waals surface area contributed by atoms with Gasteiger partial charge in [0.25, 0.3) is 0 Å². The van der Waals surface area contributed by atoms with Crippen molar-refractivity contribution in [3.63, 3.8) is 0 Å². The number of anilines is 1. The summed E-state index contributed by atoms with van der Waals surface area (Å²) in [5, 5.41) is 2.93. The van der Waals surface area contributed by atoms with Gasteiger partial charge in [-0.1, -0.05) is 12.1 Å². The Hall–Kier alpha value is -2.24. The van der Waals surface area contributed by atoms with Gasteiger partial charge < -0.3 is 10.1 Å². The molecule has 1 N–H and O–H groups in total. The highest BCUT2D eigenvalue weighted by molar-refractivity contribution is 5.49. The molecule has 1 heterocycles. The maximum Gasteiger partial charge on any atom is 0.416 e. The second-order valence-corrected chi connectivity index (χ2v) is 4.55. The minimum Gasteiger partial charge on any atom is -0.481 e. The van der Waals surface area contributed by atoms with Gasteiger partial charge in [-0.2, -0.15) is 13.2 Å². The molecule has 112 valence electrons.